The largest absolute Gasteiger partial charge is 0.492 e. The molecule has 1 N–H and O–H groups in total. The minimum absolute atomic E-state index is 0.105. The van der Waals surface area contributed by atoms with E-state index in [1.54, 1.807) is 0 Å². The van der Waals surface area contributed by atoms with Crippen LogP contribution >= 0.6 is 0 Å². The third-order valence-corrected chi connectivity index (χ3v) is 5.15. The number of amides is 1. The zero-order valence-corrected chi connectivity index (χ0v) is 14.4. The third-order valence-electron chi connectivity index (χ3n) is 3.88. The average molecular weight is 340 g/mol. The standard InChI is InChI=1S/C16H24N2O4S/c1-13-5-3-7-15(11-13)22-10-8-17-16(19)14-6-4-9-18(12-14)23(2,20)21/h3,5,7,11,14H,4,6,8-10,12H2,1-2H3,(H,17,19)/t14-/m0/s1. The zero-order chi connectivity index (χ0) is 16.9. The van der Waals surface area contributed by atoms with Crippen LogP contribution in [0.3, 0.4) is 0 Å². The van der Waals surface area contributed by atoms with Crippen molar-refractivity contribution in [3.63, 3.8) is 0 Å². The van der Waals surface area contributed by atoms with E-state index in [1.807, 2.05) is 31.2 Å². The fourth-order valence-corrected chi connectivity index (χ4v) is 3.56. The molecule has 1 aliphatic heterocycles. The molecule has 1 fully saturated rings. The number of ether oxygens (including phenoxy) is 1. The van der Waals surface area contributed by atoms with Crippen molar-refractivity contribution in [2.45, 2.75) is 19.8 Å². The molecule has 0 spiro atoms. The number of carbonyl (C=O) groups is 1. The SMILES string of the molecule is Cc1cccc(OCCNC(=O)[C@H]2CCCN(S(C)(=O)=O)C2)c1. The van der Waals surface area contributed by atoms with Crippen molar-refractivity contribution >= 4 is 15.9 Å². The maximum atomic E-state index is 12.1. The van der Waals surface area contributed by atoms with Gasteiger partial charge in [0.05, 0.1) is 18.7 Å². The van der Waals surface area contributed by atoms with Crippen LogP contribution in [0.15, 0.2) is 24.3 Å². The van der Waals surface area contributed by atoms with Crippen LogP contribution in [0.1, 0.15) is 18.4 Å². The molecule has 0 radical (unpaired) electrons. The van der Waals surface area contributed by atoms with Crippen molar-refractivity contribution in [3.8, 4) is 5.75 Å². The molecule has 1 amide bonds. The third kappa shape index (κ3) is 5.51. The summed E-state index contributed by atoms with van der Waals surface area (Å²) in [7, 11) is -3.23. The summed E-state index contributed by atoms with van der Waals surface area (Å²) >= 11 is 0. The molecule has 6 nitrogen and oxygen atoms in total. The summed E-state index contributed by atoms with van der Waals surface area (Å²) in [5.41, 5.74) is 1.12. The van der Waals surface area contributed by atoms with E-state index in [1.165, 1.54) is 10.6 Å². The molecular formula is C16H24N2O4S. The first-order chi connectivity index (χ1) is 10.9. The summed E-state index contributed by atoms with van der Waals surface area (Å²) in [6, 6.07) is 7.73. The van der Waals surface area contributed by atoms with E-state index in [9.17, 15) is 13.2 Å². The topological polar surface area (TPSA) is 75.7 Å². The second-order valence-corrected chi connectivity index (χ2v) is 7.90. The average Bonchev–Trinajstić information content (AvgIpc) is 2.51. The molecule has 2 rings (SSSR count). The molecule has 7 heteroatoms. The monoisotopic (exact) mass is 340 g/mol. The number of aryl methyl sites for hydroxylation is 1. The van der Waals surface area contributed by atoms with Gasteiger partial charge in [-0.25, -0.2) is 12.7 Å². The molecule has 0 aromatic heterocycles. The fourth-order valence-electron chi connectivity index (χ4n) is 2.65. The Hall–Kier alpha value is -1.60. The Morgan fingerprint density at radius 3 is 2.91 bits per heavy atom. The maximum absolute atomic E-state index is 12.1. The van der Waals surface area contributed by atoms with Crippen LogP contribution in [0.4, 0.5) is 0 Å². The van der Waals surface area contributed by atoms with Crippen molar-refractivity contribution in [3.05, 3.63) is 29.8 Å². The summed E-state index contributed by atoms with van der Waals surface area (Å²) < 4.78 is 30.1. The van der Waals surface area contributed by atoms with Crippen LogP contribution in [0.2, 0.25) is 0 Å². The van der Waals surface area contributed by atoms with Gasteiger partial charge in [0.15, 0.2) is 0 Å². The van der Waals surface area contributed by atoms with Crippen molar-refractivity contribution in [2.75, 3.05) is 32.5 Å². The Morgan fingerprint density at radius 2 is 2.22 bits per heavy atom. The Bertz CT molecular complexity index is 645. The lowest BCUT2D eigenvalue weighted by Crippen LogP contribution is -2.45. The number of carbonyl (C=O) groups excluding carboxylic acids is 1. The Kier molecular flexibility index (Phi) is 6.01. The number of benzene rings is 1. The lowest BCUT2D eigenvalue weighted by atomic mass is 9.99. The van der Waals surface area contributed by atoms with Gasteiger partial charge in [0, 0.05) is 13.1 Å². The summed E-state index contributed by atoms with van der Waals surface area (Å²) in [5, 5.41) is 2.82. The molecule has 1 atom stereocenters. The second kappa shape index (κ2) is 7.79. The van der Waals surface area contributed by atoms with Gasteiger partial charge in [-0.2, -0.15) is 0 Å². The van der Waals surface area contributed by atoms with Crippen molar-refractivity contribution in [1.82, 2.24) is 9.62 Å². The molecular weight excluding hydrogens is 316 g/mol. The number of hydrogen-bond donors (Lipinski definition) is 1. The molecule has 0 saturated carbocycles. The van der Waals surface area contributed by atoms with Crippen LogP contribution in [-0.4, -0.2) is 51.1 Å². The van der Waals surface area contributed by atoms with E-state index >= 15 is 0 Å². The number of hydrogen-bond acceptors (Lipinski definition) is 4. The lowest BCUT2D eigenvalue weighted by molar-refractivity contribution is -0.126. The quantitative estimate of drug-likeness (QED) is 0.789. The summed E-state index contributed by atoms with van der Waals surface area (Å²) in [4.78, 5) is 12.1. The van der Waals surface area contributed by atoms with Crippen LogP contribution < -0.4 is 10.1 Å². The molecule has 0 unspecified atom stereocenters. The predicted octanol–water partition coefficient (Wildman–Crippen LogP) is 1.16. The Balaban J connectivity index is 1.74. The minimum atomic E-state index is -3.23. The van der Waals surface area contributed by atoms with Crippen LogP contribution in [0.5, 0.6) is 5.75 Å². The van der Waals surface area contributed by atoms with E-state index in [-0.39, 0.29) is 18.4 Å². The van der Waals surface area contributed by atoms with Gasteiger partial charge in [0.25, 0.3) is 0 Å². The molecule has 1 heterocycles. The number of piperidine rings is 1. The highest BCUT2D eigenvalue weighted by atomic mass is 32.2. The van der Waals surface area contributed by atoms with Crippen LogP contribution in [0.25, 0.3) is 0 Å². The number of rotatable bonds is 6. The number of nitrogens with zero attached hydrogens (tertiary/aromatic N) is 1. The van der Waals surface area contributed by atoms with Crippen molar-refractivity contribution < 1.29 is 17.9 Å². The lowest BCUT2D eigenvalue weighted by Gasteiger charge is -2.30. The number of nitrogens with one attached hydrogen (secondary N) is 1. The van der Waals surface area contributed by atoms with Gasteiger partial charge in [-0.1, -0.05) is 12.1 Å². The Morgan fingerprint density at radius 1 is 1.43 bits per heavy atom. The smallest absolute Gasteiger partial charge is 0.224 e. The maximum Gasteiger partial charge on any atom is 0.224 e. The van der Waals surface area contributed by atoms with Gasteiger partial charge < -0.3 is 10.1 Å². The highest BCUT2D eigenvalue weighted by molar-refractivity contribution is 7.88. The predicted molar refractivity (Wildman–Crippen MR) is 88.8 cm³/mol. The van der Waals surface area contributed by atoms with Gasteiger partial charge in [-0.3, -0.25) is 4.79 Å². The molecule has 1 aliphatic rings. The first-order valence-corrected chi connectivity index (χ1v) is 9.63. The van der Waals surface area contributed by atoms with Crippen molar-refractivity contribution in [1.29, 1.82) is 0 Å². The summed E-state index contributed by atoms with van der Waals surface area (Å²) in [6.07, 6.45) is 2.62. The molecule has 1 aromatic carbocycles. The zero-order valence-electron chi connectivity index (χ0n) is 13.6. The van der Waals surface area contributed by atoms with Crippen molar-refractivity contribution in [2.24, 2.45) is 5.92 Å². The van der Waals surface area contributed by atoms with E-state index in [2.05, 4.69) is 5.32 Å². The summed E-state index contributed by atoms with van der Waals surface area (Å²) in [6.45, 7) is 3.55. The van der Waals surface area contributed by atoms with E-state index < -0.39 is 10.0 Å². The van der Waals surface area contributed by atoms with E-state index in [4.69, 9.17) is 4.74 Å². The normalized spacial score (nSPS) is 19.3. The van der Waals surface area contributed by atoms with Gasteiger partial charge in [0.1, 0.15) is 12.4 Å². The highest BCUT2D eigenvalue weighted by Crippen LogP contribution is 2.18. The van der Waals surface area contributed by atoms with E-state index in [0.29, 0.717) is 26.1 Å². The molecule has 0 aliphatic carbocycles. The minimum Gasteiger partial charge on any atom is -0.492 e. The fraction of sp³-hybridized carbons (Fsp3) is 0.562. The second-order valence-electron chi connectivity index (χ2n) is 5.92. The Labute approximate surface area is 137 Å². The van der Waals surface area contributed by atoms with Crippen LogP contribution in [0, 0.1) is 12.8 Å². The van der Waals surface area contributed by atoms with Gasteiger partial charge >= 0.3 is 0 Å². The highest BCUT2D eigenvalue weighted by Gasteiger charge is 2.29. The van der Waals surface area contributed by atoms with Gasteiger partial charge in [-0.05, 0) is 37.5 Å². The molecule has 1 aromatic rings. The molecule has 23 heavy (non-hydrogen) atoms. The van der Waals surface area contributed by atoms with Gasteiger partial charge in [0.2, 0.25) is 15.9 Å². The summed E-state index contributed by atoms with van der Waals surface area (Å²) in [5.74, 6) is 0.392. The molecule has 1 saturated heterocycles. The first-order valence-electron chi connectivity index (χ1n) is 7.78. The van der Waals surface area contributed by atoms with Crippen LogP contribution in [-0.2, 0) is 14.8 Å². The molecule has 128 valence electrons. The molecule has 0 bridgehead atoms. The van der Waals surface area contributed by atoms with Gasteiger partial charge in [-0.15, -0.1) is 0 Å². The van der Waals surface area contributed by atoms with E-state index in [0.717, 1.165) is 17.7 Å². The first kappa shape index (κ1) is 17.7. The number of sulfonamides is 1.